The minimum atomic E-state index is 0. The normalized spacial score (nSPS) is 8.27. The van der Waals surface area contributed by atoms with Gasteiger partial charge in [0.15, 0.2) is 0 Å². The number of rotatable bonds is 2. The Kier molecular flexibility index (Phi) is 7.82. The van der Waals surface area contributed by atoms with Crippen molar-refractivity contribution >= 4 is 34.4 Å². The van der Waals surface area contributed by atoms with Crippen molar-refractivity contribution in [3.63, 3.8) is 0 Å². The van der Waals surface area contributed by atoms with E-state index in [1.165, 1.54) is 0 Å². The number of para-hydroxylation sites is 2. The van der Waals surface area contributed by atoms with Crippen LogP contribution in [0.15, 0.2) is 60.7 Å². The summed E-state index contributed by atoms with van der Waals surface area (Å²) in [4.78, 5) is 0. The summed E-state index contributed by atoms with van der Waals surface area (Å²) in [6.45, 7) is 0. The van der Waals surface area contributed by atoms with E-state index in [-0.39, 0.29) is 47.0 Å². The van der Waals surface area contributed by atoms with Crippen molar-refractivity contribution in [2.45, 2.75) is 0 Å². The second-order valence-electron chi connectivity index (χ2n) is 2.78. The van der Waals surface area contributed by atoms with Gasteiger partial charge in [-0.05, 0) is 0 Å². The van der Waals surface area contributed by atoms with Crippen LogP contribution in [0.1, 0.15) is 0 Å². The van der Waals surface area contributed by atoms with Crippen LogP contribution in [0.4, 0.5) is 11.4 Å². The Labute approximate surface area is 123 Å². The molecule has 15 heavy (non-hydrogen) atoms. The standard InChI is InChI=1S/C12H10N.HI.Mg/c1-3-7-11(8-4-1)13-12-9-5-2-6-10-12;;/h1-10H;1H;/q-1;;+2/p-1. The number of nitrogens with zero attached hydrogens (tertiary/aromatic N) is 1. The molecule has 0 saturated carbocycles. The zero-order chi connectivity index (χ0) is 8.93. The second kappa shape index (κ2) is 7.95. The molecule has 2 rings (SSSR count). The van der Waals surface area contributed by atoms with Crippen molar-refractivity contribution in [2.24, 2.45) is 0 Å². The van der Waals surface area contributed by atoms with E-state index in [9.17, 15) is 0 Å². The molecule has 0 aliphatic heterocycles. The van der Waals surface area contributed by atoms with Gasteiger partial charge in [-0.2, -0.15) is 0 Å². The molecule has 0 bridgehead atoms. The minimum absolute atomic E-state index is 0. The van der Waals surface area contributed by atoms with Gasteiger partial charge >= 0.3 is 23.1 Å². The first-order valence-electron chi connectivity index (χ1n) is 4.27. The smallest absolute Gasteiger partial charge is 1.00 e. The summed E-state index contributed by atoms with van der Waals surface area (Å²) >= 11 is 0. The van der Waals surface area contributed by atoms with Crippen molar-refractivity contribution < 1.29 is 24.0 Å². The van der Waals surface area contributed by atoms with E-state index in [1.807, 2.05) is 60.7 Å². The molecule has 0 heterocycles. The Morgan fingerprint density at radius 1 is 0.600 bits per heavy atom. The molecule has 0 amide bonds. The van der Waals surface area contributed by atoms with E-state index >= 15 is 0 Å². The second-order valence-corrected chi connectivity index (χ2v) is 2.78. The number of benzene rings is 2. The molecule has 0 aliphatic carbocycles. The van der Waals surface area contributed by atoms with Gasteiger partial charge in [-0.15, -0.1) is 11.4 Å². The van der Waals surface area contributed by atoms with E-state index in [4.69, 9.17) is 0 Å². The zero-order valence-electron chi connectivity index (χ0n) is 8.31. The van der Waals surface area contributed by atoms with Crippen molar-refractivity contribution in [3.05, 3.63) is 66.0 Å². The average Bonchev–Trinajstić information content (AvgIpc) is 2.21. The summed E-state index contributed by atoms with van der Waals surface area (Å²) in [5.41, 5.74) is 1.99. The van der Waals surface area contributed by atoms with Gasteiger partial charge in [0.25, 0.3) is 0 Å². The van der Waals surface area contributed by atoms with Crippen molar-refractivity contribution in [1.29, 1.82) is 0 Å². The Morgan fingerprint density at radius 2 is 0.933 bits per heavy atom. The fourth-order valence-corrected chi connectivity index (χ4v) is 1.15. The fourth-order valence-electron chi connectivity index (χ4n) is 1.15. The van der Waals surface area contributed by atoms with E-state index in [0.717, 1.165) is 11.4 Å². The van der Waals surface area contributed by atoms with Crippen LogP contribution >= 0.6 is 0 Å². The maximum absolute atomic E-state index is 4.44. The van der Waals surface area contributed by atoms with Crippen LogP contribution in [0.3, 0.4) is 0 Å². The largest absolute Gasteiger partial charge is 2.00 e. The Bertz CT molecular complexity index is 326. The molecule has 72 valence electrons. The predicted molar refractivity (Wildman–Crippen MR) is 61.3 cm³/mol. The summed E-state index contributed by atoms with van der Waals surface area (Å²) in [5, 5.41) is 4.44. The first kappa shape index (κ1) is 14.7. The van der Waals surface area contributed by atoms with Crippen LogP contribution in [-0.4, -0.2) is 23.1 Å². The van der Waals surface area contributed by atoms with Crippen molar-refractivity contribution in [1.82, 2.24) is 0 Å². The van der Waals surface area contributed by atoms with Gasteiger partial charge in [0, 0.05) is 0 Å². The first-order valence-corrected chi connectivity index (χ1v) is 4.27. The van der Waals surface area contributed by atoms with Crippen LogP contribution in [0.2, 0.25) is 0 Å². The van der Waals surface area contributed by atoms with E-state index < -0.39 is 0 Å². The summed E-state index contributed by atoms with van der Waals surface area (Å²) in [6.07, 6.45) is 0. The molecule has 0 saturated heterocycles. The number of hydrogen-bond acceptors (Lipinski definition) is 0. The molecule has 0 N–H and O–H groups in total. The van der Waals surface area contributed by atoms with Gasteiger partial charge in [0.2, 0.25) is 0 Å². The average molecular weight is 319 g/mol. The molecule has 2 aromatic carbocycles. The molecule has 0 unspecified atom stereocenters. The Balaban J connectivity index is 0.000000980. The molecule has 0 fully saturated rings. The quantitative estimate of drug-likeness (QED) is 0.570. The maximum atomic E-state index is 4.44. The third-order valence-corrected chi connectivity index (χ3v) is 1.77. The molecule has 0 spiro atoms. The maximum Gasteiger partial charge on any atom is 2.00 e. The fraction of sp³-hybridized carbons (Fsp3) is 0. The van der Waals surface area contributed by atoms with Crippen LogP contribution in [0, 0.1) is 0 Å². The van der Waals surface area contributed by atoms with Gasteiger partial charge in [-0.1, -0.05) is 60.7 Å². The van der Waals surface area contributed by atoms with Crippen molar-refractivity contribution in [2.75, 3.05) is 0 Å². The molecular formula is C12H10IMgN. The SMILES string of the molecule is [I-].[Mg+2].c1ccc([N-]c2ccccc2)cc1. The molecule has 1 nitrogen and oxygen atoms in total. The molecule has 0 atom stereocenters. The third kappa shape index (κ3) is 4.86. The summed E-state index contributed by atoms with van der Waals surface area (Å²) in [7, 11) is 0. The minimum Gasteiger partial charge on any atom is -1.00 e. The van der Waals surface area contributed by atoms with Crippen LogP contribution in [0.5, 0.6) is 0 Å². The molecule has 3 heteroatoms. The topological polar surface area (TPSA) is 14.1 Å². The zero-order valence-corrected chi connectivity index (χ0v) is 11.9. The van der Waals surface area contributed by atoms with Crippen molar-refractivity contribution in [3.8, 4) is 0 Å². The van der Waals surface area contributed by atoms with Gasteiger partial charge in [-0.25, -0.2) is 0 Å². The molecule has 0 aliphatic rings. The van der Waals surface area contributed by atoms with E-state index in [0.29, 0.717) is 0 Å². The van der Waals surface area contributed by atoms with Gasteiger partial charge < -0.3 is 29.3 Å². The summed E-state index contributed by atoms with van der Waals surface area (Å²) in [6, 6.07) is 19.9. The first-order chi connectivity index (χ1) is 6.45. The number of hydrogen-bond donors (Lipinski definition) is 0. The molecule has 0 aromatic heterocycles. The molecule has 2 aromatic rings. The van der Waals surface area contributed by atoms with Crippen LogP contribution < -0.4 is 24.0 Å². The van der Waals surface area contributed by atoms with Crippen LogP contribution in [-0.2, 0) is 0 Å². The third-order valence-electron chi connectivity index (χ3n) is 1.77. The van der Waals surface area contributed by atoms with Gasteiger partial charge in [0.05, 0.1) is 0 Å². The predicted octanol–water partition coefficient (Wildman–Crippen LogP) is 0.647. The van der Waals surface area contributed by atoms with E-state index in [2.05, 4.69) is 5.32 Å². The molecule has 0 radical (unpaired) electrons. The monoisotopic (exact) mass is 319 g/mol. The van der Waals surface area contributed by atoms with Gasteiger partial charge in [-0.3, -0.25) is 0 Å². The van der Waals surface area contributed by atoms with Gasteiger partial charge in [0.1, 0.15) is 0 Å². The number of halogens is 1. The summed E-state index contributed by atoms with van der Waals surface area (Å²) < 4.78 is 0. The van der Waals surface area contributed by atoms with E-state index in [1.54, 1.807) is 0 Å². The van der Waals surface area contributed by atoms with Crippen LogP contribution in [0.25, 0.3) is 5.32 Å². The molecular weight excluding hydrogens is 309 g/mol. The Morgan fingerprint density at radius 3 is 1.27 bits per heavy atom. The Hall–Kier alpha value is -0.264. The summed E-state index contributed by atoms with van der Waals surface area (Å²) in [5.74, 6) is 0.